The monoisotopic (exact) mass is 548 g/mol. The quantitative estimate of drug-likeness (QED) is 0.375. The van der Waals surface area contributed by atoms with Gasteiger partial charge >= 0.3 is 6.18 Å². The van der Waals surface area contributed by atoms with Crippen LogP contribution in [0.4, 0.5) is 24.8 Å². The highest BCUT2D eigenvalue weighted by molar-refractivity contribution is 5.77. The summed E-state index contributed by atoms with van der Waals surface area (Å²) in [4.78, 5) is 26.2. The molecule has 2 aliphatic rings. The van der Waals surface area contributed by atoms with Gasteiger partial charge in [0.1, 0.15) is 11.9 Å². The standard InChI is InChI=1S/C28H27F3N8O/c1-26(2)15-33-12-17-10-18(4-5-21(17)26)36-25-35-13-20-23(37-25)39(38(24(20)40)16-28(29,30)31)19-6-9-34-22(11-19)27(14-32)7-3-8-27/h4-6,9-11,13,33H,3,7-8,12,15-16H2,1-2H3,(H,35,36,37). The molecule has 0 saturated heterocycles. The topological polar surface area (TPSA) is 113 Å². The summed E-state index contributed by atoms with van der Waals surface area (Å²) in [6, 6.07) is 11.3. The Morgan fingerprint density at radius 3 is 2.67 bits per heavy atom. The molecule has 1 aliphatic heterocycles. The van der Waals surface area contributed by atoms with Gasteiger partial charge in [-0.2, -0.15) is 23.4 Å². The van der Waals surface area contributed by atoms with E-state index in [1.807, 2.05) is 12.1 Å². The van der Waals surface area contributed by atoms with Gasteiger partial charge in [0, 0.05) is 36.6 Å². The summed E-state index contributed by atoms with van der Waals surface area (Å²) in [6.07, 6.45) is 0.122. The second kappa shape index (κ2) is 9.16. The number of benzene rings is 1. The maximum absolute atomic E-state index is 13.6. The predicted molar refractivity (Wildman–Crippen MR) is 143 cm³/mol. The second-order valence-electron chi connectivity index (χ2n) is 11.2. The van der Waals surface area contributed by atoms with Crippen LogP contribution in [0.25, 0.3) is 16.7 Å². The number of rotatable bonds is 5. The molecular weight excluding hydrogens is 521 g/mol. The number of hydrogen-bond donors (Lipinski definition) is 2. The number of anilines is 2. The number of nitrogens with zero attached hydrogens (tertiary/aromatic N) is 6. The summed E-state index contributed by atoms with van der Waals surface area (Å²) in [7, 11) is 0. The van der Waals surface area contributed by atoms with E-state index in [2.05, 4.69) is 51.6 Å². The molecule has 9 nitrogen and oxygen atoms in total. The first kappa shape index (κ1) is 26.0. The molecular formula is C28H27F3N8O. The van der Waals surface area contributed by atoms with Gasteiger partial charge in [0.05, 0.1) is 22.9 Å². The van der Waals surface area contributed by atoms with E-state index in [9.17, 15) is 23.2 Å². The molecule has 4 aromatic rings. The molecule has 0 atom stereocenters. The van der Waals surface area contributed by atoms with Gasteiger partial charge in [0.25, 0.3) is 5.56 Å². The van der Waals surface area contributed by atoms with E-state index in [4.69, 9.17) is 0 Å². The zero-order valence-corrected chi connectivity index (χ0v) is 22.0. The SMILES string of the molecule is CC1(C)CNCc2cc(Nc3ncc4c(=O)n(CC(F)(F)F)n(-c5ccnc(C6(C#N)CCC6)c5)c4n3)ccc21. The van der Waals surface area contributed by atoms with Crippen LogP contribution in [-0.4, -0.2) is 37.0 Å². The number of aromatic nitrogens is 5. The normalized spacial score (nSPS) is 17.6. The van der Waals surface area contributed by atoms with Crippen molar-refractivity contribution in [1.82, 2.24) is 29.6 Å². The van der Waals surface area contributed by atoms with E-state index in [1.165, 1.54) is 24.0 Å². The van der Waals surface area contributed by atoms with Crippen LogP contribution in [0.15, 0.2) is 47.5 Å². The van der Waals surface area contributed by atoms with Crippen molar-refractivity contribution in [2.45, 2.75) is 63.2 Å². The summed E-state index contributed by atoms with van der Waals surface area (Å²) < 4.78 is 42.6. The summed E-state index contributed by atoms with van der Waals surface area (Å²) >= 11 is 0. The molecule has 4 heterocycles. The Balaban J connectivity index is 1.46. The summed E-state index contributed by atoms with van der Waals surface area (Å²) in [6.45, 7) is 4.40. The van der Waals surface area contributed by atoms with E-state index in [1.54, 1.807) is 6.07 Å². The van der Waals surface area contributed by atoms with E-state index < -0.39 is 23.7 Å². The molecule has 1 aromatic carbocycles. The molecule has 2 N–H and O–H groups in total. The van der Waals surface area contributed by atoms with Gasteiger partial charge < -0.3 is 10.6 Å². The summed E-state index contributed by atoms with van der Waals surface area (Å²) in [5.41, 5.74) is 2.15. The Kier molecular flexibility index (Phi) is 5.96. The highest BCUT2D eigenvalue weighted by Gasteiger charge is 2.41. The molecule has 1 aliphatic carbocycles. The van der Waals surface area contributed by atoms with Crippen molar-refractivity contribution in [2.24, 2.45) is 0 Å². The Bertz CT molecular complexity index is 1730. The fourth-order valence-corrected chi connectivity index (χ4v) is 5.64. The number of pyridine rings is 1. The molecule has 3 aromatic heterocycles. The first-order valence-electron chi connectivity index (χ1n) is 13.0. The van der Waals surface area contributed by atoms with Gasteiger partial charge in [-0.25, -0.2) is 14.3 Å². The average Bonchev–Trinajstić information content (AvgIpc) is 3.13. The summed E-state index contributed by atoms with van der Waals surface area (Å²) in [5, 5.41) is 16.3. The van der Waals surface area contributed by atoms with E-state index >= 15 is 0 Å². The predicted octanol–water partition coefficient (Wildman–Crippen LogP) is 4.61. The van der Waals surface area contributed by atoms with Crippen molar-refractivity contribution in [2.75, 3.05) is 11.9 Å². The minimum Gasteiger partial charge on any atom is -0.324 e. The fourth-order valence-electron chi connectivity index (χ4n) is 5.64. The minimum absolute atomic E-state index is 0.0178. The maximum atomic E-state index is 13.6. The van der Waals surface area contributed by atoms with E-state index in [-0.39, 0.29) is 28.1 Å². The van der Waals surface area contributed by atoms with Crippen LogP contribution in [0, 0.1) is 11.3 Å². The molecule has 6 rings (SSSR count). The fraction of sp³-hybridized carbons (Fsp3) is 0.393. The Morgan fingerprint density at radius 1 is 1.18 bits per heavy atom. The number of hydrogen-bond acceptors (Lipinski definition) is 7. The Labute approximate surface area is 227 Å². The van der Waals surface area contributed by atoms with Crippen LogP contribution in [0.1, 0.15) is 49.9 Å². The largest absolute Gasteiger partial charge is 0.408 e. The second-order valence-corrected chi connectivity index (χ2v) is 11.2. The lowest BCUT2D eigenvalue weighted by atomic mass is 9.67. The third kappa shape index (κ3) is 4.40. The highest BCUT2D eigenvalue weighted by atomic mass is 19.4. The molecule has 0 unspecified atom stereocenters. The third-order valence-electron chi connectivity index (χ3n) is 7.88. The zero-order chi connectivity index (χ0) is 28.3. The van der Waals surface area contributed by atoms with Crippen LogP contribution < -0.4 is 16.2 Å². The van der Waals surface area contributed by atoms with Gasteiger partial charge in [0.15, 0.2) is 5.65 Å². The van der Waals surface area contributed by atoms with E-state index in [0.29, 0.717) is 35.4 Å². The summed E-state index contributed by atoms with van der Waals surface area (Å²) in [5.74, 6) is 0.134. The van der Waals surface area contributed by atoms with Crippen LogP contribution in [0.3, 0.4) is 0 Å². The molecule has 12 heteroatoms. The molecule has 206 valence electrons. The first-order valence-corrected chi connectivity index (χ1v) is 13.0. The van der Waals surface area contributed by atoms with Gasteiger partial charge in [-0.15, -0.1) is 0 Å². The number of halogens is 3. The third-order valence-corrected chi connectivity index (χ3v) is 7.88. The Morgan fingerprint density at radius 2 is 1.98 bits per heavy atom. The lowest BCUT2D eigenvalue weighted by Gasteiger charge is -2.34. The van der Waals surface area contributed by atoms with Crippen molar-refractivity contribution in [3.05, 3.63) is 69.9 Å². The van der Waals surface area contributed by atoms with Crippen molar-refractivity contribution in [3.63, 3.8) is 0 Å². The average molecular weight is 549 g/mol. The van der Waals surface area contributed by atoms with Gasteiger partial charge in [-0.3, -0.25) is 9.78 Å². The molecule has 0 bridgehead atoms. The van der Waals surface area contributed by atoms with Crippen LogP contribution in [-0.2, 0) is 23.9 Å². The Hall–Kier alpha value is -4.24. The smallest absolute Gasteiger partial charge is 0.324 e. The molecule has 1 saturated carbocycles. The zero-order valence-electron chi connectivity index (χ0n) is 22.0. The van der Waals surface area contributed by atoms with Gasteiger partial charge in [-0.1, -0.05) is 19.9 Å². The number of fused-ring (bicyclic) bond motifs is 2. The first-order chi connectivity index (χ1) is 19.0. The van der Waals surface area contributed by atoms with Crippen molar-refractivity contribution < 1.29 is 13.2 Å². The number of nitrogens with one attached hydrogen (secondary N) is 2. The van der Waals surface area contributed by atoms with Crippen LogP contribution >= 0.6 is 0 Å². The molecule has 0 amide bonds. The lowest BCUT2D eigenvalue weighted by Crippen LogP contribution is -2.38. The van der Waals surface area contributed by atoms with Gasteiger partial charge in [-0.05, 0) is 54.7 Å². The van der Waals surface area contributed by atoms with Crippen molar-refractivity contribution >= 4 is 22.7 Å². The van der Waals surface area contributed by atoms with Gasteiger partial charge in [0.2, 0.25) is 5.95 Å². The van der Waals surface area contributed by atoms with Crippen LogP contribution in [0.5, 0.6) is 0 Å². The van der Waals surface area contributed by atoms with Crippen molar-refractivity contribution in [1.29, 1.82) is 5.26 Å². The highest BCUT2D eigenvalue weighted by Crippen LogP contribution is 2.42. The number of alkyl halides is 3. The van der Waals surface area contributed by atoms with Crippen LogP contribution in [0.2, 0.25) is 0 Å². The van der Waals surface area contributed by atoms with Crippen molar-refractivity contribution in [3.8, 4) is 11.8 Å². The molecule has 0 radical (unpaired) electrons. The number of nitriles is 1. The molecule has 40 heavy (non-hydrogen) atoms. The maximum Gasteiger partial charge on any atom is 0.408 e. The minimum atomic E-state index is -4.66. The molecule has 0 spiro atoms. The van der Waals surface area contributed by atoms with E-state index in [0.717, 1.165) is 23.2 Å². The molecule has 1 fully saturated rings. The lowest BCUT2D eigenvalue weighted by molar-refractivity contribution is -0.144.